The standard InChI is InChI=1S/C11H23NO2S/c1-9(2)15(13,14)8-11(12)10-6-4-3-5-7-10/h9-11H,3-8,12H2,1-2H3. The largest absolute Gasteiger partial charge is 0.327 e. The van der Waals surface area contributed by atoms with Crippen molar-refractivity contribution in [1.29, 1.82) is 0 Å². The van der Waals surface area contributed by atoms with Crippen LogP contribution in [0.4, 0.5) is 0 Å². The van der Waals surface area contributed by atoms with Crippen LogP contribution in [0, 0.1) is 5.92 Å². The third kappa shape index (κ3) is 3.76. The first kappa shape index (κ1) is 13.0. The molecular weight excluding hydrogens is 210 g/mol. The highest BCUT2D eigenvalue weighted by atomic mass is 32.2. The summed E-state index contributed by atoms with van der Waals surface area (Å²) in [6.45, 7) is 3.45. The predicted molar refractivity (Wildman–Crippen MR) is 63.5 cm³/mol. The maximum atomic E-state index is 11.7. The minimum Gasteiger partial charge on any atom is -0.327 e. The molecule has 0 aromatic heterocycles. The third-order valence-corrected chi connectivity index (χ3v) is 5.68. The van der Waals surface area contributed by atoms with E-state index in [9.17, 15) is 8.42 Å². The molecular formula is C11H23NO2S. The molecule has 1 unspecified atom stereocenters. The highest BCUT2D eigenvalue weighted by Crippen LogP contribution is 2.26. The lowest BCUT2D eigenvalue weighted by Gasteiger charge is -2.27. The van der Waals surface area contributed by atoms with Gasteiger partial charge in [-0.1, -0.05) is 19.3 Å². The second-order valence-corrected chi connectivity index (χ2v) is 7.54. The summed E-state index contributed by atoms with van der Waals surface area (Å²) in [4.78, 5) is 0. The summed E-state index contributed by atoms with van der Waals surface area (Å²) in [6.07, 6.45) is 5.91. The van der Waals surface area contributed by atoms with Gasteiger partial charge < -0.3 is 5.73 Å². The quantitative estimate of drug-likeness (QED) is 0.804. The highest BCUT2D eigenvalue weighted by molar-refractivity contribution is 7.92. The summed E-state index contributed by atoms with van der Waals surface area (Å²) in [6, 6.07) is -0.155. The molecule has 0 radical (unpaired) electrons. The first-order chi connectivity index (χ1) is 6.93. The SMILES string of the molecule is CC(C)S(=O)(=O)CC(N)C1CCCCC1. The summed E-state index contributed by atoms with van der Waals surface area (Å²) in [5.41, 5.74) is 5.99. The number of nitrogens with two attached hydrogens (primary N) is 1. The zero-order valence-electron chi connectivity index (χ0n) is 9.78. The van der Waals surface area contributed by atoms with Crippen LogP contribution >= 0.6 is 0 Å². The molecule has 1 aliphatic carbocycles. The molecule has 0 amide bonds. The van der Waals surface area contributed by atoms with E-state index in [1.54, 1.807) is 13.8 Å². The minimum atomic E-state index is -2.97. The van der Waals surface area contributed by atoms with E-state index in [1.807, 2.05) is 0 Å². The van der Waals surface area contributed by atoms with E-state index < -0.39 is 9.84 Å². The molecule has 0 aromatic carbocycles. The van der Waals surface area contributed by atoms with Gasteiger partial charge in [0, 0.05) is 6.04 Å². The Hall–Kier alpha value is -0.0900. The Labute approximate surface area is 93.3 Å². The van der Waals surface area contributed by atoms with Crippen LogP contribution in [0.2, 0.25) is 0 Å². The monoisotopic (exact) mass is 233 g/mol. The number of rotatable bonds is 4. The molecule has 1 fully saturated rings. The van der Waals surface area contributed by atoms with Gasteiger partial charge in [0.25, 0.3) is 0 Å². The molecule has 90 valence electrons. The maximum Gasteiger partial charge on any atom is 0.154 e. The summed E-state index contributed by atoms with van der Waals surface area (Å²) in [5, 5.41) is -0.299. The molecule has 3 nitrogen and oxygen atoms in total. The molecule has 1 atom stereocenters. The Morgan fingerprint density at radius 2 is 1.73 bits per heavy atom. The molecule has 1 rings (SSSR count). The first-order valence-corrected chi connectivity index (χ1v) is 7.62. The van der Waals surface area contributed by atoms with E-state index in [-0.39, 0.29) is 17.0 Å². The van der Waals surface area contributed by atoms with Gasteiger partial charge in [0.15, 0.2) is 9.84 Å². The molecule has 4 heteroatoms. The van der Waals surface area contributed by atoms with E-state index in [2.05, 4.69) is 0 Å². The Bertz CT molecular complexity index is 279. The molecule has 0 aromatic rings. The van der Waals surface area contributed by atoms with Crippen molar-refractivity contribution in [2.75, 3.05) is 5.75 Å². The molecule has 0 aliphatic heterocycles. The van der Waals surface area contributed by atoms with Crippen LogP contribution in [0.1, 0.15) is 46.0 Å². The molecule has 0 saturated heterocycles. The van der Waals surface area contributed by atoms with Gasteiger partial charge in [-0.15, -0.1) is 0 Å². The van der Waals surface area contributed by atoms with Crippen LogP contribution < -0.4 is 5.73 Å². The topological polar surface area (TPSA) is 60.2 Å². The minimum absolute atomic E-state index is 0.155. The molecule has 2 N–H and O–H groups in total. The molecule has 1 aliphatic rings. The van der Waals surface area contributed by atoms with Gasteiger partial charge in [-0.25, -0.2) is 8.42 Å². The zero-order chi connectivity index (χ0) is 11.5. The van der Waals surface area contributed by atoms with Crippen molar-refractivity contribution >= 4 is 9.84 Å². The van der Waals surface area contributed by atoms with Crippen molar-refractivity contribution in [3.05, 3.63) is 0 Å². The summed E-state index contributed by atoms with van der Waals surface area (Å²) in [7, 11) is -2.97. The normalized spacial score (nSPS) is 21.9. The Kier molecular flexibility index (Phi) is 4.59. The fourth-order valence-corrected chi connectivity index (χ4v) is 3.35. The van der Waals surface area contributed by atoms with Crippen molar-refractivity contribution in [3.8, 4) is 0 Å². The number of sulfone groups is 1. The van der Waals surface area contributed by atoms with Gasteiger partial charge in [0.1, 0.15) is 0 Å². The third-order valence-electron chi connectivity index (χ3n) is 3.40. The van der Waals surface area contributed by atoms with Crippen molar-refractivity contribution in [1.82, 2.24) is 0 Å². The summed E-state index contributed by atoms with van der Waals surface area (Å²) in [5.74, 6) is 0.585. The molecule has 0 spiro atoms. The molecule has 0 heterocycles. The summed E-state index contributed by atoms with van der Waals surface area (Å²) < 4.78 is 23.4. The van der Waals surface area contributed by atoms with E-state index in [1.165, 1.54) is 19.3 Å². The maximum absolute atomic E-state index is 11.7. The first-order valence-electron chi connectivity index (χ1n) is 5.90. The van der Waals surface area contributed by atoms with Gasteiger partial charge in [0.05, 0.1) is 11.0 Å². The lowest BCUT2D eigenvalue weighted by Crippen LogP contribution is -2.39. The molecule has 15 heavy (non-hydrogen) atoms. The Morgan fingerprint density at radius 3 is 2.20 bits per heavy atom. The van der Waals surface area contributed by atoms with Gasteiger partial charge in [-0.2, -0.15) is 0 Å². The second kappa shape index (κ2) is 5.30. The fourth-order valence-electron chi connectivity index (χ4n) is 2.16. The summed E-state index contributed by atoms with van der Waals surface area (Å²) >= 11 is 0. The van der Waals surface area contributed by atoms with Crippen LogP contribution in [0.25, 0.3) is 0 Å². The molecule has 1 saturated carbocycles. The average molecular weight is 233 g/mol. The van der Waals surface area contributed by atoms with Crippen molar-refractivity contribution in [2.24, 2.45) is 11.7 Å². The van der Waals surface area contributed by atoms with Gasteiger partial charge in [-0.05, 0) is 32.6 Å². The number of hydrogen-bond donors (Lipinski definition) is 1. The van der Waals surface area contributed by atoms with E-state index >= 15 is 0 Å². The number of hydrogen-bond acceptors (Lipinski definition) is 3. The van der Waals surface area contributed by atoms with Gasteiger partial charge in [-0.3, -0.25) is 0 Å². The van der Waals surface area contributed by atoms with Crippen molar-refractivity contribution < 1.29 is 8.42 Å². The Balaban J connectivity index is 2.50. The van der Waals surface area contributed by atoms with Crippen LogP contribution in [0.15, 0.2) is 0 Å². The smallest absolute Gasteiger partial charge is 0.154 e. The predicted octanol–water partition coefficient (Wildman–Crippen LogP) is 1.72. The van der Waals surface area contributed by atoms with Crippen LogP contribution in [-0.4, -0.2) is 25.5 Å². The Morgan fingerprint density at radius 1 is 1.20 bits per heavy atom. The fraction of sp³-hybridized carbons (Fsp3) is 1.00. The van der Waals surface area contributed by atoms with Gasteiger partial charge in [0.2, 0.25) is 0 Å². The lowest BCUT2D eigenvalue weighted by atomic mass is 9.85. The van der Waals surface area contributed by atoms with Crippen molar-refractivity contribution in [3.63, 3.8) is 0 Å². The van der Waals surface area contributed by atoms with E-state index in [0.717, 1.165) is 12.8 Å². The second-order valence-electron chi connectivity index (χ2n) is 4.94. The van der Waals surface area contributed by atoms with Crippen molar-refractivity contribution in [2.45, 2.75) is 57.2 Å². The van der Waals surface area contributed by atoms with Crippen LogP contribution in [-0.2, 0) is 9.84 Å². The van der Waals surface area contributed by atoms with E-state index in [4.69, 9.17) is 5.73 Å². The molecule has 0 bridgehead atoms. The highest BCUT2D eigenvalue weighted by Gasteiger charge is 2.26. The van der Waals surface area contributed by atoms with Crippen LogP contribution in [0.5, 0.6) is 0 Å². The van der Waals surface area contributed by atoms with Gasteiger partial charge >= 0.3 is 0 Å². The van der Waals surface area contributed by atoms with E-state index in [0.29, 0.717) is 5.92 Å². The average Bonchev–Trinajstić information content (AvgIpc) is 2.18. The lowest BCUT2D eigenvalue weighted by molar-refractivity contribution is 0.317. The van der Waals surface area contributed by atoms with Crippen LogP contribution in [0.3, 0.4) is 0 Å². The zero-order valence-corrected chi connectivity index (χ0v) is 10.6.